The number of hydrogen-bond donors (Lipinski definition) is 3. The molecule has 1 heterocycles. The van der Waals surface area contributed by atoms with Crippen LogP contribution in [0.25, 0.3) is 10.1 Å². The van der Waals surface area contributed by atoms with E-state index in [1.54, 1.807) is 29.5 Å². The lowest BCUT2D eigenvalue weighted by atomic mass is 10.1. The number of rotatable bonds is 3. The van der Waals surface area contributed by atoms with Gasteiger partial charge in [-0.2, -0.15) is 0 Å². The van der Waals surface area contributed by atoms with Crippen molar-refractivity contribution in [3.05, 3.63) is 58.4 Å². The van der Waals surface area contributed by atoms with Crippen molar-refractivity contribution in [2.75, 3.05) is 10.7 Å². The van der Waals surface area contributed by atoms with Crippen LogP contribution in [-0.4, -0.2) is 5.91 Å². The number of hydrazine groups is 1. The maximum absolute atomic E-state index is 12.4. The molecule has 0 saturated heterocycles. The predicted octanol–water partition coefficient (Wildman–Crippen LogP) is 4.09. The number of benzene rings is 2. The molecule has 4 N–H and O–H groups in total. The van der Waals surface area contributed by atoms with E-state index in [4.69, 9.17) is 17.4 Å². The first kappa shape index (κ1) is 13.9. The Morgan fingerprint density at radius 3 is 2.81 bits per heavy atom. The molecule has 3 rings (SSSR count). The highest BCUT2D eigenvalue weighted by molar-refractivity contribution is 7.17. The number of carbonyl (C=O) groups is 1. The third kappa shape index (κ3) is 2.85. The number of anilines is 2. The van der Waals surface area contributed by atoms with Crippen LogP contribution in [0, 0.1) is 0 Å². The molecule has 0 bridgehead atoms. The van der Waals surface area contributed by atoms with Gasteiger partial charge in [-0.1, -0.05) is 11.6 Å². The van der Waals surface area contributed by atoms with E-state index in [-0.39, 0.29) is 5.91 Å². The van der Waals surface area contributed by atoms with Crippen molar-refractivity contribution < 1.29 is 4.79 Å². The monoisotopic (exact) mass is 317 g/mol. The molecular weight excluding hydrogens is 306 g/mol. The van der Waals surface area contributed by atoms with Gasteiger partial charge in [0.2, 0.25) is 0 Å². The second kappa shape index (κ2) is 5.73. The van der Waals surface area contributed by atoms with Gasteiger partial charge in [0, 0.05) is 15.4 Å². The van der Waals surface area contributed by atoms with Crippen LogP contribution in [-0.2, 0) is 0 Å². The number of fused-ring (bicyclic) bond motifs is 1. The molecular formula is C15H12ClN3OS. The van der Waals surface area contributed by atoms with Gasteiger partial charge in [-0.15, -0.1) is 11.3 Å². The molecule has 21 heavy (non-hydrogen) atoms. The Hall–Kier alpha value is -2.08. The summed E-state index contributed by atoms with van der Waals surface area (Å²) in [6, 6.07) is 12.7. The summed E-state index contributed by atoms with van der Waals surface area (Å²) in [5.41, 5.74) is 4.15. The molecule has 0 aliphatic heterocycles. The number of carbonyl (C=O) groups excluding carboxylic acids is 1. The van der Waals surface area contributed by atoms with E-state index in [2.05, 4.69) is 10.7 Å². The third-order valence-electron chi connectivity index (χ3n) is 3.09. The lowest BCUT2D eigenvalue weighted by molar-refractivity contribution is 0.102. The van der Waals surface area contributed by atoms with Gasteiger partial charge in [-0.3, -0.25) is 10.6 Å². The molecule has 1 amide bonds. The molecule has 0 atom stereocenters. The van der Waals surface area contributed by atoms with Gasteiger partial charge in [-0.05, 0) is 53.2 Å². The molecule has 0 aliphatic rings. The quantitative estimate of drug-likeness (QED) is 0.503. The van der Waals surface area contributed by atoms with Crippen LogP contribution in [0.15, 0.2) is 47.8 Å². The maximum atomic E-state index is 12.4. The van der Waals surface area contributed by atoms with Crippen LogP contribution in [0.1, 0.15) is 10.4 Å². The average Bonchev–Trinajstić information content (AvgIpc) is 2.94. The van der Waals surface area contributed by atoms with Crippen molar-refractivity contribution >= 4 is 50.3 Å². The van der Waals surface area contributed by atoms with Crippen molar-refractivity contribution in [2.45, 2.75) is 0 Å². The lowest BCUT2D eigenvalue weighted by Gasteiger charge is -2.10. The van der Waals surface area contributed by atoms with Gasteiger partial charge >= 0.3 is 0 Å². The topological polar surface area (TPSA) is 67.1 Å². The summed E-state index contributed by atoms with van der Waals surface area (Å²) in [5, 5.41) is 6.45. The van der Waals surface area contributed by atoms with E-state index in [0.29, 0.717) is 16.3 Å². The fourth-order valence-electron chi connectivity index (χ4n) is 2.07. The molecule has 0 aliphatic carbocycles. The predicted molar refractivity (Wildman–Crippen MR) is 89.0 cm³/mol. The summed E-state index contributed by atoms with van der Waals surface area (Å²) >= 11 is 7.60. The number of nitrogens with two attached hydrogens (primary N) is 1. The Kier molecular flexibility index (Phi) is 3.79. The summed E-state index contributed by atoms with van der Waals surface area (Å²) in [6.07, 6.45) is 0. The minimum atomic E-state index is -0.264. The number of nitrogens with one attached hydrogen (secondary N) is 2. The van der Waals surface area contributed by atoms with E-state index in [0.717, 1.165) is 11.1 Å². The Morgan fingerprint density at radius 2 is 2.00 bits per heavy atom. The molecule has 2 aromatic carbocycles. The van der Waals surface area contributed by atoms with E-state index in [1.807, 2.05) is 29.6 Å². The van der Waals surface area contributed by atoms with E-state index >= 15 is 0 Å². The highest BCUT2D eigenvalue weighted by Gasteiger charge is 2.12. The van der Waals surface area contributed by atoms with Gasteiger partial charge in [0.1, 0.15) is 0 Å². The molecule has 4 nitrogen and oxygen atoms in total. The molecule has 0 saturated carbocycles. The summed E-state index contributed by atoms with van der Waals surface area (Å²) in [5.74, 6) is 5.16. The number of halogens is 1. The maximum Gasteiger partial charge on any atom is 0.257 e. The summed E-state index contributed by atoms with van der Waals surface area (Å²) in [6.45, 7) is 0. The summed E-state index contributed by atoms with van der Waals surface area (Å²) in [7, 11) is 0. The van der Waals surface area contributed by atoms with Crippen molar-refractivity contribution in [2.24, 2.45) is 5.84 Å². The second-order valence-electron chi connectivity index (χ2n) is 4.46. The molecule has 3 aromatic rings. The number of hydrogen-bond acceptors (Lipinski definition) is 4. The molecule has 0 spiro atoms. The zero-order valence-electron chi connectivity index (χ0n) is 10.9. The molecule has 0 fully saturated rings. The Bertz CT molecular complexity index is 816. The normalized spacial score (nSPS) is 10.6. The van der Waals surface area contributed by atoms with Crippen molar-refractivity contribution in [1.82, 2.24) is 0 Å². The van der Waals surface area contributed by atoms with Gasteiger partial charge in [0.25, 0.3) is 5.91 Å². The van der Waals surface area contributed by atoms with Crippen molar-refractivity contribution in [3.63, 3.8) is 0 Å². The Morgan fingerprint density at radius 1 is 1.14 bits per heavy atom. The molecule has 106 valence electrons. The number of nitrogen functional groups attached to an aromatic ring is 1. The second-order valence-corrected chi connectivity index (χ2v) is 5.85. The van der Waals surface area contributed by atoms with Crippen LogP contribution >= 0.6 is 22.9 Å². The lowest BCUT2D eigenvalue weighted by Crippen LogP contribution is -2.17. The first-order chi connectivity index (χ1) is 10.2. The summed E-state index contributed by atoms with van der Waals surface area (Å²) in [4.78, 5) is 12.4. The first-order valence-electron chi connectivity index (χ1n) is 6.22. The third-order valence-corrected chi connectivity index (χ3v) is 4.22. The van der Waals surface area contributed by atoms with Gasteiger partial charge in [0.15, 0.2) is 0 Å². The van der Waals surface area contributed by atoms with E-state index in [1.165, 1.54) is 4.70 Å². The van der Waals surface area contributed by atoms with Gasteiger partial charge in [-0.25, -0.2) is 0 Å². The zero-order chi connectivity index (χ0) is 14.8. The van der Waals surface area contributed by atoms with Crippen LogP contribution in [0.3, 0.4) is 0 Å². The fraction of sp³-hybridized carbons (Fsp3) is 0. The fourth-order valence-corrected chi connectivity index (χ4v) is 3.02. The molecule has 0 unspecified atom stereocenters. The van der Waals surface area contributed by atoms with E-state index in [9.17, 15) is 4.79 Å². The minimum Gasteiger partial charge on any atom is -0.323 e. The van der Waals surface area contributed by atoms with Crippen molar-refractivity contribution in [3.8, 4) is 0 Å². The smallest absolute Gasteiger partial charge is 0.257 e. The Balaban J connectivity index is 1.90. The van der Waals surface area contributed by atoms with Crippen LogP contribution in [0.2, 0.25) is 5.02 Å². The molecule has 0 radical (unpaired) electrons. The standard InChI is InChI=1S/C15H12ClN3OS/c16-10-1-3-13(19-17)12(8-10)15(20)18-11-2-4-14-9(7-11)5-6-21-14/h1-8,19H,17H2,(H,18,20). The highest BCUT2D eigenvalue weighted by Crippen LogP contribution is 2.25. The van der Waals surface area contributed by atoms with Crippen LogP contribution < -0.4 is 16.6 Å². The molecule has 1 aromatic heterocycles. The highest BCUT2D eigenvalue weighted by atomic mass is 35.5. The molecule has 6 heteroatoms. The van der Waals surface area contributed by atoms with Gasteiger partial charge in [0.05, 0.1) is 11.3 Å². The van der Waals surface area contributed by atoms with E-state index < -0.39 is 0 Å². The van der Waals surface area contributed by atoms with Gasteiger partial charge < -0.3 is 10.7 Å². The van der Waals surface area contributed by atoms with Crippen molar-refractivity contribution in [1.29, 1.82) is 0 Å². The first-order valence-corrected chi connectivity index (χ1v) is 7.48. The van der Waals surface area contributed by atoms with Crippen LogP contribution in [0.4, 0.5) is 11.4 Å². The number of amides is 1. The Labute approximate surface area is 130 Å². The van der Waals surface area contributed by atoms with Crippen LogP contribution in [0.5, 0.6) is 0 Å². The largest absolute Gasteiger partial charge is 0.323 e. The summed E-state index contributed by atoms with van der Waals surface area (Å²) < 4.78 is 1.18. The minimum absolute atomic E-state index is 0.264. The zero-order valence-corrected chi connectivity index (χ0v) is 12.5. The number of thiophene rings is 1. The SMILES string of the molecule is NNc1ccc(Cl)cc1C(=O)Nc1ccc2sccc2c1. The average molecular weight is 318 g/mol.